The van der Waals surface area contributed by atoms with Crippen LogP contribution < -0.4 is 5.32 Å². The van der Waals surface area contributed by atoms with Crippen LogP contribution in [0.5, 0.6) is 0 Å². The van der Waals surface area contributed by atoms with Crippen LogP contribution in [0.25, 0.3) is 10.9 Å². The van der Waals surface area contributed by atoms with Crippen LogP contribution in [0.15, 0.2) is 48.5 Å². The highest BCUT2D eigenvalue weighted by molar-refractivity contribution is 6.07. The van der Waals surface area contributed by atoms with E-state index < -0.39 is 18.0 Å². The van der Waals surface area contributed by atoms with Gasteiger partial charge in [-0.2, -0.15) is 0 Å². The Kier molecular flexibility index (Phi) is 5.73. The number of amides is 1. The van der Waals surface area contributed by atoms with E-state index in [0.29, 0.717) is 33.4 Å². The predicted octanol–water partition coefficient (Wildman–Crippen LogP) is 4.24. The molecular formula is C23H22N2O4. The zero-order valence-corrected chi connectivity index (χ0v) is 16.8. The molecule has 0 aliphatic rings. The standard InChI is InChI=1S/C23H22N2O4/c1-13-9-10-21-18(11-13)19(12-14(2)24-21)23(28)29-16(4)22(27)25-20-8-6-5-7-17(20)15(3)26/h5-12,16H,1-4H3,(H,25,27). The van der Waals surface area contributed by atoms with Crippen LogP contribution in [-0.2, 0) is 9.53 Å². The summed E-state index contributed by atoms with van der Waals surface area (Å²) in [4.78, 5) is 41.5. The van der Waals surface area contributed by atoms with Crippen LogP contribution in [-0.4, -0.2) is 28.7 Å². The molecule has 1 atom stereocenters. The second-order valence-electron chi connectivity index (χ2n) is 6.97. The van der Waals surface area contributed by atoms with Crippen LogP contribution in [0.1, 0.15) is 45.8 Å². The molecule has 1 aromatic heterocycles. The number of benzene rings is 2. The number of nitrogens with one attached hydrogen (secondary N) is 1. The summed E-state index contributed by atoms with van der Waals surface area (Å²) < 4.78 is 5.41. The summed E-state index contributed by atoms with van der Waals surface area (Å²) in [5.74, 6) is -1.29. The molecular weight excluding hydrogens is 368 g/mol. The molecule has 3 rings (SSSR count). The summed E-state index contributed by atoms with van der Waals surface area (Å²) in [6, 6.07) is 14.0. The number of hydrogen-bond acceptors (Lipinski definition) is 5. The van der Waals surface area contributed by atoms with Gasteiger partial charge in [0.15, 0.2) is 11.9 Å². The molecule has 0 bridgehead atoms. The number of hydrogen-bond donors (Lipinski definition) is 1. The lowest BCUT2D eigenvalue weighted by molar-refractivity contribution is -0.123. The zero-order valence-electron chi connectivity index (χ0n) is 16.8. The number of nitrogens with zero attached hydrogens (tertiary/aromatic N) is 1. The highest BCUT2D eigenvalue weighted by Crippen LogP contribution is 2.22. The van der Waals surface area contributed by atoms with E-state index in [9.17, 15) is 14.4 Å². The van der Waals surface area contributed by atoms with Gasteiger partial charge in [-0.15, -0.1) is 0 Å². The quantitative estimate of drug-likeness (QED) is 0.520. The number of para-hydroxylation sites is 1. The fourth-order valence-corrected chi connectivity index (χ4v) is 3.05. The molecule has 1 amide bonds. The Labute approximate surface area is 168 Å². The molecule has 0 radical (unpaired) electrons. The van der Waals surface area contributed by atoms with Crippen molar-refractivity contribution in [3.8, 4) is 0 Å². The molecule has 148 valence electrons. The maximum Gasteiger partial charge on any atom is 0.339 e. The Morgan fingerprint density at radius 2 is 1.72 bits per heavy atom. The number of aromatic nitrogens is 1. The fraction of sp³-hybridized carbons (Fsp3) is 0.217. The molecule has 0 aliphatic heterocycles. The van der Waals surface area contributed by atoms with Crippen molar-refractivity contribution in [1.82, 2.24) is 4.98 Å². The van der Waals surface area contributed by atoms with Crippen molar-refractivity contribution in [3.05, 3.63) is 70.9 Å². The summed E-state index contributed by atoms with van der Waals surface area (Å²) in [7, 11) is 0. The molecule has 6 nitrogen and oxygen atoms in total. The van der Waals surface area contributed by atoms with E-state index in [-0.39, 0.29) is 5.78 Å². The highest BCUT2D eigenvalue weighted by atomic mass is 16.5. The third-order valence-corrected chi connectivity index (χ3v) is 4.53. The third kappa shape index (κ3) is 4.48. The van der Waals surface area contributed by atoms with E-state index in [1.807, 2.05) is 25.1 Å². The number of anilines is 1. The molecule has 1 N–H and O–H groups in total. The number of carbonyl (C=O) groups is 3. The summed E-state index contributed by atoms with van der Waals surface area (Å²) >= 11 is 0. The molecule has 0 saturated heterocycles. The molecule has 0 aliphatic carbocycles. The van der Waals surface area contributed by atoms with E-state index in [1.165, 1.54) is 13.8 Å². The normalized spacial score (nSPS) is 11.7. The second kappa shape index (κ2) is 8.22. The average molecular weight is 390 g/mol. The molecule has 0 spiro atoms. The van der Waals surface area contributed by atoms with Crippen LogP contribution in [0.4, 0.5) is 5.69 Å². The van der Waals surface area contributed by atoms with Gasteiger partial charge in [-0.1, -0.05) is 23.8 Å². The first-order valence-electron chi connectivity index (χ1n) is 9.26. The Balaban J connectivity index is 1.81. The first-order valence-corrected chi connectivity index (χ1v) is 9.26. The minimum atomic E-state index is -1.05. The van der Waals surface area contributed by atoms with Gasteiger partial charge in [0.25, 0.3) is 5.91 Å². The van der Waals surface area contributed by atoms with Gasteiger partial charge in [-0.3, -0.25) is 14.6 Å². The number of ketones is 1. The van der Waals surface area contributed by atoms with E-state index in [1.54, 1.807) is 37.3 Å². The number of carbonyl (C=O) groups excluding carboxylic acids is 3. The number of pyridine rings is 1. The number of esters is 1. The smallest absolute Gasteiger partial charge is 0.339 e. The molecule has 1 unspecified atom stereocenters. The van der Waals surface area contributed by atoms with Crippen molar-refractivity contribution >= 4 is 34.3 Å². The summed E-state index contributed by atoms with van der Waals surface area (Å²) in [6.07, 6.45) is -1.05. The lowest BCUT2D eigenvalue weighted by atomic mass is 10.1. The first-order chi connectivity index (χ1) is 13.8. The van der Waals surface area contributed by atoms with Gasteiger partial charge in [-0.25, -0.2) is 4.79 Å². The fourth-order valence-electron chi connectivity index (χ4n) is 3.05. The predicted molar refractivity (Wildman–Crippen MR) is 111 cm³/mol. The van der Waals surface area contributed by atoms with Gasteiger partial charge in [0.2, 0.25) is 0 Å². The average Bonchev–Trinajstić information content (AvgIpc) is 2.67. The van der Waals surface area contributed by atoms with Crippen molar-refractivity contribution in [2.45, 2.75) is 33.8 Å². The lowest BCUT2D eigenvalue weighted by Gasteiger charge is -2.16. The van der Waals surface area contributed by atoms with Gasteiger partial charge >= 0.3 is 5.97 Å². The molecule has 2 aromatic carbocycles. The minimum absolute atomic E-state index is 0.167. The molecule has 1 heterocycles. The largest absolute Gasteiger partial charge is 0.449 e. The van der Waals surface area contributed by atoms with Crippen molar-refractivity contribution in [1.29, 1.82) is 0 Å². The maximum absolute atomic E-state index is 12.8. The number of aryl methyl sites for hydroxylation is 2. The zero-order chi connectivity index (χ0) is 21.1. The van der Waals surface area contributed by atoms with Crippen LogP contribution in [0, 0.1) is 13.8 Å². The summed E-state index contributed by atoms with van der Waals surface area (Å²) in [5, 5.41) is 3.33. The lowest BCUT2D eigenvalue weighted by Crippen LogP contribution is -2.30. The second-order valence-corrected chi connectivity index (χ2v) is 6.97. The van der Waals surface area contributed by atoms with Gasteiger partial charge < -0.3 is 10.1 Å². The van der Waals surface area contributed by atoms with Crippen molar-refractivity contribution < 1.29 is 19.1 Å². The monoisotopic (exact) mass is 390 g/mol. The summed E-state index contributed by atoms with van der Waals surface area (Å²) in [6.45, 7) is 6.64. The van der Waals surface area contributed by atoms with E-state index in [2.05, 4.69) is 10.3 Å². The van der Waals surface area contributed by atoms with Crippen molar-refractivity contribution in [3.63, 3.8) is 0 Å². The minimum Gasteiger partial charge on any atom is -0.449 e. The third-order valence-electron chi connectivity index (χ3n) is 4.53. The van der Waals surface area contributed by atoms with Crippen LogP contribution >= 0.6 is 0 Å². The molecule has 3 aromatic rings. The van der Waals surface area contributed by atoms with E-state index in [4.69, 9.17) is 4.74 Å². The summed E-state index contributed by atoms with van der Waals surface area (Å²) in [5.41, 5.74) is 3.50. The van der Waals surface area contributed by atoms with Crippen molar-refractivity contribution in [2.24, 2.45) is 0 Å². The van der Waals surface area contributed by atoms with Crippen LogP contribution in [0.3, 0.4) is 0 Å². The Morgan fingerprint density at radius 1 is 1.00 bits per heavy atom. The topological polar surface area (TPSA) is 85.4 Å². The van der Waals surface area contributed by atoms with E-state index in [0.717, 1.165) is 5.56 Å². The Hall–Kier alpha value is -3.54. The number of Topliss-reactive ketones (excluding diaryl/α,β-unsaturated/α-hetero) is 1. The molecule has 0 saturated carbocycles. The first kappa shape index (κ1) is 20.2. The van der Waals surface area contributed by atoms with Crippen molar-refractivity contribution in [2.75, 3.05) is 5.32 Å². The Morgan fingerprint density at radius 3 is 2.45 bits per heavy atom. The number of ether oxygens (including phenoxy) is 1. The molecule has 29 heavy (non-hydrogen) atoms. The SMILES string of the molecule is CC(=O)c1ccccc1NC(=O)C(C)OC(=O)c1cc(C)nc2ccc(C)cc12. The molecule has 6 heteroatoms. The number of rotatable bonds is 5. The van der Waals surface area contributed by atoms with Crippen LogP contribution in [0.2, 0.25) is 0 Å². The van der Waals surface area contributed by atoms with E-state index >= 15 is 0 Å². The molecule has 0 fully saturated rings. The maximum atomic E-state index is 12.8. The Bertz CT molecular complexity index is 1120. The van der Waals surface area contributed by atoms with Gasteiger partial charge in [0.05, 0.1) is 16.8 Å². The highest BCUT2D eigenvalue weighted by Gasteiger charge is 2.22. The van der Waals surface area contributed by atoms with Gasteiger partial charge in [0.1, 0.15) is 0 Å². The van der Waals surface area contributed by atoms with Gasteiger partial charge in [-0.05, 0) is 58.0 Å². The number of fused-ring (bicyclic) bond motifs is 1. The van der Waals surface area contributed by atoms with Gasteiger partial charge in [0, 0.05) is 16.6 Å².